The lowest BCUT2D eigenvalue weighted by molar-refractivity contribution is -0.185. The van der Waals surface area contributed by atoms with Gasteiger partial charge in [0.25, 0.3) is 5.79 Å². The third kappa shape index (κ3) is 5.16. The van der Waals surface area contributed by atoms with Crippen LogP contribution in [0.15, 0.2) is 48.0 Å². The van der Waals surface area contributed by atoms with E-state index in [9.17, 15) is 14.3 Å². The summed E-state index contributed by atoms with van der Waals surface area (Å²) >= 11 is 1.07. The van der Waals surface area contributed by atoms with Crippen LogP contribution in [0.25, 0.3) is 16.6 Å². The lowest BCUT2D eigenvalue weighted by Crippen LogP contribution is -2.30. The normalized spacial score (nSPS) is 18.8. The van der Waals surface area contributed by atoms with Crippen molar-refractivity contribution in [1.82, 2.24) is 8.75 Å². The quantitative estimate of drug-likeness (QED) is 0.234. The van der Waals surface area contributed by atoms with Crippen LogP contribution in [0, 0.1) is 12.7 Å². The van der Waals surface area contributed by atoms with E-state index < -0.39 is 17.6 Å². The fraction of sp³-hybridized carbons (Fsp3) is 0.344. The van der Waals surface area contributed by atoms with Gasteiger partial charge in [-0.2, -0.15) is 8.75 Å². The van der Waals surface area contributed by atoms with E-state index in [0.29, 0.717) is 33.9 Å². The van der Waals surface area contributed by atoms with Gasteiger partial charge in [0.2, 0.25) is 5.75 Å². The number of carbonyl (C=O) groups excluding carboxylic acids is 1. The maximum absolute atomic E-state index is 14.9. The number of fused-ring (bicyclic) bond motifs is 1. The molecule has 2 aliphatic rings. The average molecular weight is 607 g/mol. The maximum Gasteiger partial charge on any atom is 0.342 e. The van der Waals surface area contributed by atoms with Crippen molar-refractivity contribution in [3.05, 3.63) is 76.1 Å². The van der Waals surface area contributed by atoms with Gasteiger partial charge in [0.1, 0.15) is 11.0 Å². The van der Waals surface area contributed by atoms with Crippen LogP contribution in [-0.4, -0.2) is 47.3 Å². The Bertz CT molecular complexity index is 1720. The number of hydrogen-bond donors (Lipinski definition) is 1. The molecule has 6 rings (SSSR count). The molecular formula is C32H31FN2O7S. The first-order valence-corrected chi connectivity index (χ1v) is 14.7. The van der Waals surface area contributed by atoms with Crippen LogP contribution in [0.5, 0.6) is 23.0 Å². The van der Waals surface area contributed by atoms with Crippen molar-refractivity contribution < 1.29 is 38.0 Å². The predicted molar refractivity (Wildman–Crippen MR) is 158 cm³/mol. The van der Waals surface area contributed by atoms with Crippen LogP contribution in [0.3, 0.4) is 0 Å². The Kier molecular flexibility index (Phi) is 7.70. The summed E-state index contributed by atoms with van der Waals surface area (Å²) in [5.74, 6) is -2.33. The second kappa shape index (κ2) is 11.5. The maximum atomic E-state index is 14.9. The summed E-state index contributed by atoms with van der Waals surface area (Å²) in [6, 6.07) is 11.1. The number of aliphatic hydroxyl groups is 1. The highest BCUT2D eigenvalue weighted by Crippen LogP contribution is 2.48. The fourth-order valence-corrected chi connectivity index (χ4v) is 6.47. The third-order valence-corrected chi connectivity index (χ3v) is 8.57. The molecule has 0 radical (unpaired) electrons. The molecule has 0 spiro atoms. The summed E-state index contributed by atoms with van der Waals surface area (Å²) in [5.41, 5.74) is 3.71. The number of methoxy groups -OCH3 is 3. The van der Waals surface area contributed by atoms with E-state index in [1.54, 1.807) is 38.5 Å². The first-order valence-electron chi connectivity index (χ1n) is 13.9. The molecule has 0 saturated heterocycles. The Morgan fingerprint density at radius 3 is 2.35 bits per heavy atom. The van der Waals surface area contributed by atoms with E-state index in [1.165, 1.54) is 19.2 Å². The molecule has 11 heteroatoms. The molecule has 4 aromatic rings. The molecule has 2 heterocycles. The number of aromatic nitrogens is 2. The predicted octanol–water partition coefficient (Wildman–Crippen LogP) is 5.88. The average Bonchev–Trinajstić information content (AvgIpc) is 3.74. The summed E-state index contributed by atoms with van der Waals surface area (Å²) in [6.07, 6.45) is 4.21. The van der Waals surface area contributed by atoms with Crippen molar-refractivity contribution in [3.8, 4) is 23.0 Å². The summed E-state index contributed by atoms with van der Waals surface area (Å²) in [4.78, 5) is 13.6. The number of rotatable bonds is 9. The van der Waals surface area contributed by atoms with E-state index in [-0.39, 0.29) is 35.0 Å². The first kappa shape index (κ1) is 28.9. The largest absolute Gasteiger partial charge is 0.494 e. The summed E-state index contributed by atoms with van der Waals surface area (Å²) in [6.45, 7) is 1.87. The molecule has 1 aromatic heterocycles. The zero-order chi connectivity index (χ0) is 30.3. The van der Waals surface area contributed by atoms with Gasteiger partial charge in [0.15, 0.2) is 23.1 Å². The number of carbonyl (C=O) groups is 1. The van der Waals surface area contributed by atoms with E-state index in [2.05, 4.69) is 8.75 Å². The summed E-state index contributed by atoms with van der Waals surface area (Å²) in [7, 11) is 4.44. The first-order chi connectivity index (χ1) is 20.7. The van der Waals surface area contributed by atoms with Crippen molar-refractivity contribution in [2.24, 2.45) is 0 Å². The minimum Gasteiger partial charge on any atom is -0.494 e. The van der Waals surface area contributed by atoms with Gasteiger partial charge >= 0.3 is 5.97 Å². The van der Waals surface area contributed by atoms with Crippen molar-refractivity contribution in [2.45, 2.75) is 50.9 Å². The van der Waals surface area contributed by atoms with Gasteiger partial charge in [-0.05, 0) is 91.8 Å². The highest BCUT2D eigenvalue weighted by atomic mass is 32.1. The number of aryl methyl sites for hydroxylation is 1. The number of halogens is 1. The zero-order valence-electron chi connectivity index (χ0n) is 24.2. The lowest BCUT2D eigenvalue weighted by Gasteiger charge is -2.26. The molecule has 1 saturated carbocycles. The second-order valence-corrected chi connectivity index (χ2v) is 11.2. The lowest BCUT2D eigenvalue weighted by atomic mass is 9.87. The number of nitrogens with zero attached hydrogens (tertiary/aromatic N) is 2. The Morgan fingerprint density at radius 1 is 1.00 bits per heavy atom. The van der Waals surface area contributed by atoms with Crippen molar-refractivity contribution >= 4 is 34.3 Å². The Balaban J connectivity index is 1.51. The van der Waals surface area contributed by atoms with Gasteiger partial charge in [-0.3, -0.25) is 0 Å². The molecule has 1 atom stereocenters. The van der Waals surface area contributed by atoms with Gasteiger partial charge in [-0.25, -0.2) is 9.18 Å². The number of hydrogen-bond acceptors (Lipinski definition) is 10. The zero-order valence-corrected chi connectivity index (χ0v) is 25.0. The smallest absolute Gasteiger partial charge is 0.342 e. The molecule has 0 amide bonds. The topological polar surface area (TPSA) is 109 Å². The van der Waals surface area contributed by atoms with Gasteiger partial charge < -0.3 is 28.8 Å². The minimum atomic E-state index is -2.28. The van der Waals surface area contributed by atoms with Crippen LogP contribution in [0.4, 0.5) is 4.39 Å². The highest BCUT2D eigenvalue weighted by Gasteiger charge is 2.48. The Morgan fingerprint density at radius 2 is 1.70 bits per heavy atom. The molecule has 224 valence electrons. The molecule has 1 aliphatic heterocycles. The number of esters is 1. The fourth-order valence-electron chi connectivity index (χ4n) is 5.88. The van der Waals surface area contributed by atoms with Crippen LogP contribution in [0.1, 0.15) is 47.9 Å². The van der Waals surface area contributed by atoms with Gasteiger partial charge in [-0.15, -0.1) is 0 Å². The highest BCUT2D eigenvalue weighted by molar-refractivity contribution is 7.00. The van der Waals surface area contributed by atoms with Crippen LogP contribution in [0.2, 0.25) is 0 Å². The van der Waals surface area contributed by atoms with Crippen molar-refractivity contribution in [1.29, 1.82) is 0 Å². The summed E-state index contributed by atoms with van der Waals surface area (Å²) < 4.78 is 52.0. The van der Waals surface area contributed by atoms with Gasteiger partial charge in [-0.1, -0.05) is 0 Å². The van der Waals surface area contributed by atoms with Crippen LogP contribution < -0.4 is 18.9 Å². The Labute approximate surface area is 252 Å². The number of benzene rings is 3. The minimum absolute atomic E-state index is 0.00754. The van der Waals surface area contributed by atoms with Gasteiger partial charge in [0, 0.05) is 17.6 Å². The molecule has 1 aliphatic carbocycles. The van der Waals surface area contributed by atoms with Crippen LogP contribution >= 0.6 is 11.7 Å². The molecule has 0 bridgehead atoms. The molecule has 9 nitrogen and oxygen atoms in total. The van der Waals surface area contributed by atoms with Crippen LogP contribution in [-0.2, 0) is 21.7 Å². The molecule has 3 aromatic carbocycles. The second-order valence-electron chi connectivity index (χ2n) is 10.7. The van der Waals surface area contributed by atoms with Crippen molar-refractivity contribution in [3.63, 3.8) is 0 Å². The summed E-state index contributed by atoms with van der Waals surface area (Å²) in [5, 5.41) is 12.1. The third-order valence-electron chi connectivity index (χ3n) is 8.03. The van der Waals surface area contributed by atoms with E-state index >= 15 is 0 Å². The molecule has 1 fully saturated rings. The monoisotopic (exact) mass is 606 g/mol. The van der Waals surface area contributed by atoms with E-state index in [4.69, 9.17) is 23.7 Å². The number of cyclic esters (lactones) is 1. The number of ether oxygens (including phenoxy) is 5. The SMILES string of the molecule is COc1ccc(C2(O)OC(=O)C(c3cc(C)c4nsnc4c3)=C2Cc2cc(OC)c(OC3CCCC3)c(OC)c2)cc1F. The molecular weight excluding hydrogens is 575 g/mol. The van der Waals surface area contributed by atoms with Crippen molar-refractivity contribution in [2.75, 3.05) is 21.3 Å². The Hall–Kier alpha value is -4.22. The molecule has 1 N–H and O–H groups in total. The van der Waals surface area contributed by atoms with Gasteiger partial charge in [0.05, 0.1) is 44.7 Å². The van der Waals surface area contributed by atoms with E-state index in [1.807, 2.05) is 6.92 Å². The van der Waals surface area contributed by atoms with E-state index in [0.717, 1.165) is 54.6 Å². The standard InChI is InChI=1S/C32H31FN2O7S/c1-17-11-19(15-24-29(17)35-43-34-24)28-22(32(37,42-31(28)36)20-9-10-25(38-2)23(33)16-20)12-18-13-26(39-3)30(27(14-18)40-4)41-21-7-5-6-8-21/h9-11,13-16,21,37H,5-8,12H2,1-4H3. The molecule has 1 unspecified atom stereocenters. The molecule has 43 heavy (non-hydrogen) atoms.